The number of hydrogen-bond acceptors (Lipinski definition) is 6. The predicted octanol–water partition coefficient (Wildman–Crippen LogP) is 3.25. The van der Waals surface area contributed by atoms with Crippen LogP contribution in [0.2, 0.25) is 0 Å². The minimum Gasteiger partial charge on any atom is -0.496 e. The van der Waals surface area contributed by atoms with Crippen LogP contribution >= 0.6 is 0 Å². The van der Waals surface area contributed by atoms with Gasteiger partial charge in [0.25, 0.3) is 0 Å². The van der Waals surface area contributed by atoms with Gasteiger partial charge in [-0.25, -0.2) is 0 Å². The second-order valence-corrected chi connectivity index (χ2v) is 7.80. The van der Waals surface area contributed by atoms with E-state index in [1.807, 2.05) is 48.5 Å². The van der Waals surface area contributed by atoms with Crippen LogP contribution < -0.4 is 15.4 Å². The number of aliphatic hydroxyl groups is 1. The third-order valence-corrected chi connectivity index (χ3v) is 5.71. The van der Waals surface area contributed by atoms with Crippen LogP contribution in [0.15, 0.2) is 54.7 Å². The standard InChI is InChI=1S/C24H28N4O3/c1-31-23-6-2-5-22(20(23)16-29)26-18-9-12-28(13-10-18)15-24(30)27-19-7-8-21-17(14-19)4-3-11-25-21/h2-8,11,14,18,26,29H,9-10,12-13,15-16H2,1H3,(H,27,30). The van der Waals surface area contributed by atoms with Gasteiger partial charge in [-0.05, 0) is 49.2 Å². The topological polar surface area (TPSA) is 86.7 Å². The van der Waals surface area contributed by atoms with Gasteiger partial charge in [-0.1, -0.05) is 12.1 Å². The van der Waals surface area contributed by atoms with Gasteiger partial charge in [0, 0.05) is 47.7 Å². The smallest absolute Gasteiger partial charge is 0.238 e. The zero-order chi connectivity index (χ0) is 21.6. The van der Waals surface area contributed by atoms with Crippen molar-refractivity contribution in [2.45, 2.75) is 25.5 Å². The summed E-state index contributed by atoms with van der Waals surface area (Å²) in [6.07, 6.45) is 3.62. The fourth-order valence-electron chi connectivity index (χ4n) is 4.07. The molecular weight excluding hydrogens is 392 g/mol. The number of likely N-dealkylation sites (tertiary alicyclic amines) is 1. The summed E-state index contributed by atoms with van der Waals surface area (Å²) in [7, 11) is 1.61. The summed E-state index contributed by atoms with van der Waals surface area (Å²) in [6.45, 7) is 1.98. The molecule has 3 N–H and O–H groups in total. The van der Waals surface area contributed by atoms with Crippen molar-refractivity contribution in [1.82, 2.24) is 9.88 Å². The van der Waals surface area contributed by atoms with E-state index in [0.29, 0.717) is 18.3 Å². The molecule has 0 aliphatic carbocycles. The molecule has 0 unspecified atom stereocenters. The molecule has 162 valence electrons. The zero-order valence-corrected chi connectivity index (χ0v) is 17.7. The van der Waals surface area contributed by atoms with Gasteiger partial charge in [0.1, 0.15) is 5.75 Å². The van der Waals surface area contributed by atoms with Crippen LogP contribution in [-0.2, 0) is 11.4 Å². The molecule has 3 aromatic rings. The fraction of sp³-hybridized carbons (Fsp3) is 0.333. The van der Waals surface area contributed by atoms with E-state index in [4.69, 9.17) is 4.74 Å². The van der Waals surface area contributed by atoms with E-state index in [2.05, 4.69) is 20.5 Å². The average molecular weight is 421 g/mol. The lowest BCUT2D eigenvalue weighted by atomic mass is 10.0. The van der Waals surface area contributed by atoms with Gasteiger partial charge in [0.2, 0.25) is 5.91 Å². The van der Waals surface area contributed by atoms with E-state index in [0.717, 1.165) is 53.8 Å². The first kappa shape index (κ1) is 21.1. The molecular formula is C24H28N4O3. The van der Waals surface area contributed by atoms with Crippen LogP contribution in [-0.4, -0.2) is 53.7 Å². The number of piperidine rings is 1. The minimum absolute atomic E-state index is 0.00925. The molecule has 1 aliphatic rings. The largest absolute Gasteiger partial charge is 0.496 e. The average Bonchev–Trinajstić information content (AvgIpc) is 2.80. The number of fused-ring (bicyclic) bond motifs is 1. The van der Waals surface area contributed by atoms with E-state index < -0.39 is 0 Å². The predicted molar refractivity (Wildman–Crippen MR) is 122 cm³/mol. The van der Waals surface area contributed by atoms with Gasteiger partial charge in [0.15, 0.2) is 0 Å². The molecule has 0 bridgehead atoms. The number of carbonyl (C=O) groups excluding carboxylic acids is 1. The highest BCUT2D eigenvalue weighted by molar-refractivity contribution is 5.94. The van der Waals surface area contributed by atoms with Crippen LogP contribution in [0.1, 0.15) is 18.4 Å². The number of aliphatic hydroxyl groups excluding tert-OH is 1. The van der Waals surface area contributed by atoms with Gasteiger partial charge in [0.05, 0.1) is 25.8 Å². The van der Waals surface area contributed by atoms with Crippen molar-refractivity contribution in [3.8, 4) is 5.75 Å². The lowest BCUT2D eigenvalue weighted by Gasteiger charge is -2.32. The van der Waals surface area contributed by atoms with E-state index in [-0.39, 0.29) is 12.5 Å². The highest BCUT2D eigenvalue weighted by atomic mass is 16.5. The van der Waals surface area contributed by atoms with Gasteiger partial charge in [-0.15, -0.1) is 0 Å². The van der Waals surface area contributed by atoms with Gasteiger partial charge in [-0.2, -0.15) is 0 Å². The molecule has 0 atom stereocenters. The Morgan fingerprint density at radius 2 is 2.03 bits per heavy atom. The Balaban J connectivity index is 1.28. The first-order valence-electron chi connectivity index (χ1n) is 10.6. The Morgan fingerprint density at radius 1 is 1.19 bits per heavy atom. The number of carbonyl (C=O) groups is 1. The summed E-state index contributed by atoms with van der Waals surface area (Å²) >= 11 is 0. The van der Waals surface area contributed by atoms with Crippen molar-refractivity contribution >= 4 is 28.2 Å². The van der Waals surface area contributed by atoms with E-state index in [9.17, 15) is 9.90 Å². The Kier molecular flexibility index (Phi) is 6.64. The van der Waals surface area contributed by atoms with Crippen molar-refractivity contribution < 1.29 is 14.6 Å². The second kappa shape index (κ2) is 9.76. The summed E-state index contributed by atoms with van der Waals surface area (Å²) in [6, 6.07) is 15.7. The molecule has 2 aromatic carbocycles. The molecule has 0 spiro atoms. The summed E-state index contributed by atoms with van der Waals surface area (Å²) in [5, 5.41) is 17.2. The molecule has 4 rings (SSSR count). The monoisotopic (exact) mass is 420 g/mol. The Labute approximate surface area is 182 Å². The Morgan fingerprint density at radius 3 is 2.81 bits per heavy atom. The SMILES string of the molecule is COc1cccc(NC2CCN(CC(=O)Nc3ccc4ncccc4c3)CC2)c1CO. The fourth-order valence-corrected chi connectivity index (χ4v) is 4.07. The van der Waals surface area contributed by atoms with Gasteiger partial charge in [-0.3, -0.25) is 14.7 Å². The van der Waals surface area contributed by atoms with E-state index in [1.54, 1.807) is 13.3 Å². The van der Waals surface area contributed by atoms with Crippen LogP contribution in [0, 0.1) is 0 Å². The molecule has 7 nitrogen and oxygen atoms in total. The normalized spacial score (nSPS) is 15.0. The molecule has 31 heavy (non-hydrogen) atoms. The number of hydrogen-bond donors (Lipinski definition) is 3. The minimum atomic E-state index is -0.0732. The van der Waals surface area contributed by atoms with Gasteiger partial charge >= 0.3 is 0 Å². The molecule has 1 amide bonds. The van der Waals surface area contributed by atoms with Crippen molar-refractivity contribution in [2.24, 2.45) is 0 Å². The van der Waals surface area contributed by atoms with Crippen molar-refractivity contribution in [2.75, 3.05) is 37.4 Å². The number of benzene rings is 2. The van der Waals surface area contributed by atoms with Crippen LogP contribution in [0.3, 0.4) is 0 Å². The summed E-state index contributed by atoms with van der Waals surface area (Å²) in [5.74, 6) is 0.677. The maximum Gasteiger partial charge on any atom is 0.238 e. The summed E-state index contributed by atoms with van der Waals surface area (Å²) in [4.78, 5) is 19.0. The van der Waals surface area contributed by atoms with Crippen molar-refractivity contribution in [1.29, 1.82) is 0 Å². The lowest BCUT2D eigenvalue weighted by Crippen LogP contribution is -2.42. The molecule has 7 heteroatoms. The number of aromatic nitrogens is 1. The quantitative estimate of drug-likeness (QED) is 0.544. The first-order valence-corrected chi connectivity index (χ1v) is 10.6. The molecule has 0 saturated carbocycles. The van der Waals surface area contributed by atoms with Crippen LogP contribution in [0.4, 0.5) is 11.4 Å². The molecule has 2 heterocycles. The van der Waals surface area contributed by atoms with Crippen molar-refractivity contribution in [3.63, 3.8) is 0 Å². The molecule has 1 aromatic heterocycles. The maximum absolute atomic E-state index is 12.5. The number of nitrogens with zero attached hydrogens (tertiary/aromatic N) is 2. The maximum atomic E-state index is 12.5. The third kappa shape index (κ3) is 5.13. The van der Waals surface area contributed by atoms with Crippen molar-refractivity contribution in [3.05, 3.63) is 60.3 Å². The van der Waals surface area contributed by atoms with Gasteiger partial charge < -0.3 is 20.5 Å². The highest BCUT2D eigenvalue weighted by Crippen LogP contribution is 2.28. The number of ether oxygens (including phenoxy) is 1. The van der Waals surface area contributed by atoms with Crippen LogP contribution in [0.25, 0.3) is 10.9 Å². The number of rotatable bonds is 7. The van der Waals surface area contributed by atoms with E-state index >= 15 is 0 Å². The zero-order valence-electron chi connectivity index (χ0n) is 17.7. The lowest BCUT2D eigenvalue weighted by molar-refractivity contribution is -0.117. The Hall–Kier alpha value is -3.16. The number of anilines is 2. The van der Waals surface area contributed by atoms with Crippen LogP contribution in [0.5, 0.6) is 5.75 Å². The molecule has 1 saturated heterocycles. The summed E-state index contributed by atoms with van der Waals surface area (Å²) < 4.78 is 5.34. The number of nitrogens with one attached hydrogen (secondary N) is 2. The molecule has 1 fully saturated rings. The first-order chi connectivity index (χ1) is 15.2. The number of methoxy groups -OCH3 is 1. The highest BCUT2D eigenvalue weighted by Gasteiger charge is 2.22. The third-order valence-electron chi connectivity index (χ3n) is 5.71. The Bertz CT molecular complexity index is 1050. The number of pyridine rings is 1. The second-order valence-electron chi connectivity index (χ2n) is 7.80. The molecule has 0 radical (unpaired) electrons. The van der Waals surface area contributed by atoms with E-state index in [1.165, 1.54) is 0 Å². The number of amides is 1. The summed E-state index contributed by atoms with van der Waals surface area (Å²) in [5.41, 5.74) is 3.38. The molecule has 1 aliphatic heterocycles.